The monoisotopic (exact) mass is 407 g/mol. The largest absolute Gasteiger partial charge is 0.496 e. The van der Waals surface area contributed by atoms with Crippen molar-refractivity contribution < 1.29 is 23.8 Å². The first-order valence-electron chi connectivity index (χ1n) is 9.44. The number of esters is 1. The first-order chi connectivity index (χ1) is 14.5. The molecule has 0 bridgehead atoms. The molecule has 1 saturated carbocycles. The molecule has 1 amide bonds. The summed E-state index contributed by atoms with van der Waals surface area (Å²) in [5, 5.41) is 0.673. The number of hydrazine groups is 1. The van der Waals surface area contributed by atoms with Crippen molar-refractivity contribution in [3.63, 3.8) is 0 Å². The van der Waals surface area contributed by atoms with Crippen LogP contribution in [0.4, 0.5) is 0 Å². The van der Waals surface area contributed by atoms with Crippen molar-refractivity contribution in [3.8, 4) is 17.2 Å². The zero-order valence-corrected chi connectivity index (χ0v) is 16.6. The van der Waals surface area contributed by atoms with Crippen LogP contribution in [0.2, 0.25) is 0 Å². The van der Waals surface area contributed by atoms with Gasteiger partial charge >= 0.3 is 5.97 Å². The van der Waals surface area contributed by atoms with Crippen LogP contribution in [0.1, 0.15) is 45.2 Å². The highest BCUT2D eigenvalue weighted by atomic mass is 16.5. The summed E-state index contributed by atoms with van der Waals surface area (Å²) in [7, 11) is 2.85. The van der Waals surface area contributed by atoms with Gasteiger partial charge in [-0.05, 0) is 25.0 Å². The van der Waals surface area contributed by atoms with Crippen LogP contribution >= 0.6 is 0 Å². The number of fused-ring (bicyclic) bond motifs is 1. The molecule has 0 atom stereocenters. The second-order valence-corrected chi connectivity index (χ2v) is 6.95. The highest BCUT2D eigenvalue weighted by Gasteiger charge is 2.28. The molecule has 1 aliphatic carbocycles. The van der Waals surface area contributed by atoms with Gasteiger partial charge in [-0.1, -0.05) is 18.2 Å². The molecule has 1 aromatic heterocycles. The van der Waals surface area contributed by atoms with Gasteiger partial charge in [0.05, 0.1) is 25.3 Å². The Labute approximate surface area is 172 Å². The molecule has 2 aromatic carbocycles. The predicted molar refractivity (Wildman–Crippen MR) is 110 cm³/mol. The topological polar surface area (TPSA) is 113 Å². The third-order valence-electron chi connectivity index (χ3n) is 5.01. The van der Waals surface area contributed by atoms with Crippen LogP contribution in [0, 0.1) is 0 Å². The third-order valence-corrected chi connectivity index (χ3v) is 5.01. The number of hydrogen-bond donors (Lipinski definition) is 2. The molecule has 154 valence electrons. The molecule has 8 nitrogen and oxygen atoms in total. The first kappa shape index (κ1) is 19.7. The second kappa shape index (κ2) is 8.00. The van der Waals surface area contributed by atoms with Gasteiger partial charge in [-0.15, -0.1) is 0 Å². The third kappa shape index (κ3) is 3.65. The van der Waals surface area contributed by atoms with E-state index in [1.165, 1.54) is 26.4 Å². The number of hydrogen-bond acceptors (Lipinski definition) is 7. The minimum Gasteiger partial charge on any atom is -0.496 e. The highest BCUT2D eigenvalue weighted by Crippen LogP contribution is 2.40. The van der Waals surface area contributed by atoms with Crippen molar-refractivity contribution in [1.82, 2.24) is 10.4 Å². The minimum absolute atomic E-state index is 0.00470. The summed E-state index contributed by atoms with van der Waals surface area (Å²) in [6.07, 6.45) is 2.10. The van der Waals surface area contributed by atoms with E-state index in [0.717, 1.165) is 24.1 Å². The number of nitrogens with one attached hydrogen (secondary N) is 1. The van der Waals surface area contributed by atoms with Gasteiger partial charge in [0.1, 0.15) is 17.1 Å². The van der Waals surface area contributed by atoms with Gasteiger partial charge in [0, 0.05) is 29.1 Å². The van der Waals surface area contributed by atoms with Gasteiger partial charge < -0.3 is 14.2 Å². The van der Waals surface area contributed by atoms with Crippen LogP contribution in [0.15, 0.2) is 42.5 Å². The molecule has 0 radical (unpaired) electrons. The van der Waals surface area contributed by atoms with Crippen molar-refractivity contribution in [2.24, 2.45) is 5.84 Å². The maximum Gasteiger partial charge on any atom is 0.344 e. The van der Waals surface area contributed by atoms with Crippen molar-refractivity contribution in [1.29, 1.82) is 0 Å². The maximum atomic E-state index is 13.2. The van der Waals surface area contributed by atoms with Crippen LogP contribution in [-0.2, 0) is 0 Å². The lowest BCUT2D eigenvalue weighted by atomic mass is 10.1. The molecule has 1 fully saturated rings. The van der Waals surface area contributed by atoms with Crippen molar-refractivity contribution in [3.05, 3.63) is 59.3 Å². The smallest absolute Gasteiger partial charge is 0.344 e. The molecule has 0 saturated heterocycles. The molecule has 1 aliphatic rings. The van der Waals surface area contributed by atoms with Gasteiger partial charge in [-0.25, -0.2) is 10.6 Å². The molecule has 0 spiro atoms. The molecule has 3 N–H and O–H groups in total. The van der Waals surface area contributed by atoms with Gasteiger partial charge in [0.2, 0.25) is 0 Å². The van der Waals surface area contributed by atoms with E-state index in [4.69, 9.17) is 20.1 Å². The van der Waals surface area contributed by atoms with Crippen molar-refractivity contribution in [2.45, 2.75) is 18.8 Å². The molecule has 1 heterocycles. The Kier molecular flexibility index (Phi) is 5.24. The Morgan fingerprint density at radius 3 is 2.47 bits per heavy atom. The SMILES string of the molecule is COc1cc(OC)c(C(=O)NN)c(OC(=O)c2cc(C3CC3)nc3ccccc23)c1. The van der Waals surface area contributed by atoms with Crippen LogP contribution in [0.3, 0.4) is 0 Å². The number of methoxy groups -OCH3 is 2. The van der Waals surface area contributed by atoms with Crippen molar-refractivity contribution in [2.75, 3.05) is 14.2 Å². The van der Waals surface area contributed by atoms with Crippen LogP contribution in [0.5, 0.6) is 17.2 Å². The van der Waals surface area contributed by atoms with E-state index in [2.05, 4.69) is 4.98 Å². The summed E-state index contributed by atoms with van der Waals surface area (Å²) in [6.45, 7) is 0. The molecular weight excluding hydrogens is 386 g/mol. The van der Waals surface area contributed by atoms with E-state index >= 15 is 0 Å². The Bertz CT molecular complexity index is 1140. The number of para-hydroxylation sites is 1. The maximum absolute atomic E-state index is 13.2. The number of nitrogens with two attached hydrogens (primary N) is 1. The van der Waals surface area contributed by atoms with Gasteiger partial charge in [-0.2, -0.15) is 0 Å². The molecule has 4 rings (SSSR count). The zero-order valence-electron chi connectivity index (χ0n) is 16.6. The highest BCUT2D eigenvalue weighted by molar-refractivity contribution is 6.06. The van der Waals surface area contributed by atoms with Gasteiger partial charge in [-0.3, -0.25) is 15.2 Å². The average molecular weight is 407 g/mol. The fourth-order valence-corrected chi connectivity index (χ4v) is 3.33. The summed E-state index contributed by atoms with van der Waals surface area (Å²) in [5.41, 5.74) is 4.01. The van der Waals surface area contributed by atoms with E-state index in [9.17, 15) is 9.59 Å². The number of nitrogen functional groups attached to an aromatic ring is 1. The lowest BCUT2D eigenvalue weighted by Crippen LogP contribution is -2.31. The number of carbonyl (C=O) groups is 2. The number of pyridine rings is 1. The standard InChI is InChI=1S/C22H21N3O5/c1-28-13-9-18(29-2)20(21(26)25-23)19(10-13)30-22(27)15-11-17(12-7-8-12)24-16-6-4-3-5-14(15)16/h3-6,9-12H,7-8,23H2,1-2H3,(H,25,26). The van der Waals surface area contributed by atoms with E-state index in [0.29, 0.717) is 22.6 Å². The number of benzene rings is 2. The number of aromatic nitrogens is 1. The first-order valence-corrected chi connectivity index (χ1v) is 9.44. The predicted octanol–water partition coefficient (Wildman–Crippen LogP) is 2.95. The zero-order chi connectivity index (χ0) is 21.3. The van der Waals surface area contributed by atoms with Crippen molar-refractivity contribution >= 4 is 22.8 Å². The quantitative estimate of drug-likeness (QED) is 0.212. The van der Waals surface area contributed by atoms with Crippen LogP contribution < -0.4 is 25.5 Å². The molecular formula is C22H21N3O5. The van der Waals surface area contributed by atoms with E-state index in [1.54, 1.807) is 6.07 Å². The Morgan fingerprint density at radius 2 is 1.80 bits per heavy atom. The van der Waals surface area contributed by atoms with Crippen LogP contribution in [0.25, 0.3) is 10.9 Å². The Balaban J connectivity index is 1.80. The minimum atomic E-state index is -0.657. The van der Waals surface area contributed by atoms with E-state index < -0.39 is 11.9 Å². The summed E-state index contributed by atoms with van der Waals surface area (Å²) < 4.78 is 16.2. The summed E-state index contributed by atoms with van der Waals surface area (Å²) in [4.78, 5) is 30.2. The molecule has 30 heavy (non-hydrogen) atoms. The lowest BCUT2D eigenvalue weighted by Gasteiger charge is -2.15. The van der Waals surface area contributed by atoms with Crippen LogP contribution in [-0.4, -0.2) is 31.1 Å². The molecule has 0 aliphatic heterocycles. The Hall–Kier alpha value is -3.65. The fourth-order valence-electron chi connectivity index (χ4n) is 3.33. The second-order valence-electron chi connectivity index (χ2n) is 6.95. The number of nitrogens with zero attached hydrogens (tertiary/aromatic N) is 1. The van der Waals surface area contributed by atoms with E-state index in [1.807, 2.05) is 29.7 Å². The molecule has 8 heteroatoms. The van der Waals surface area contributed by atoms with E-state index in [-0.39, 0.29) is 17.1 Å². The Morgan fingerprint density at radius 1 is 1.07 bits per heavy atom. The molecule has 0 unspecified atom stereocenters. The number of carbonyl (C=O) groups excluding carboxylic acids is 2. The average Bonchev–Trinajstić information content (AvgIpc) is 3.62. The lowest BCUT2D eigenvalue weighted by molar-refractivity contribution is 0.0733. The number of rotatable bonds is 6. The van der Waals surface area contributed by atoms with Gasteiger partial charge in [0.15, 0.2) is 5.75 Å². The summed E-state index contributed by atoms with van der Waals surface area (Å²) in [5.74, 6) is 4.90. The molecule has 3 aromatic rings. The number of amides is 1. The normalized spacial score (nSPS) is 13.0. The van der Waals surface area contributed by atoms with Gasteiger partial charge in [0.25, 0.3) is 5.91 Å². The number of ether oxygens (including phenoxy) is 3. The summed E-state index contributed by atoms with van der Waals surface area (Å²) in [6, 6.07) is 12.1. The fraction of sp³-hybridized carbons (Fsp3) is 0.227. The summed E-state index contributed by atoms with van der Waals surface area (Å²) >= 11 is 0.